The Morgan fingerprint density at radius 2 is 2.40 bits per heavy atom. The maximum atomic E-state index is 10.2. The summed E-state index contributed by atoms with van der Waals surface area (Å²) >= 11 is 0. The number of hydrogen-bond donors (Lipinski definition) is 1. The van der Waals surface area contributed by atoms with E-state index in [2.05, 4.69) is 0 Å². The third-order valence-corrected chi connectivity index (χ3v) is 1.02. The Bertz CT molecular complexity index is 188. The highest BCUT2D eigenvalue weighted by atomic mass is 16.1. The smallest absolute Gasteiger partial charge is 0.217 e. The van der Waals surface area contributed by atoms with Crippen LogP contribution in [0.3, 0.4) is 0 Å². The minimum absolute atomic E-state index is 0.318. The van der Waals surface area contributed by atoms with E-state index in [0.29, 0.717) is 18.4 Å². The van der Waals surface area contributed by atoms with Gasteiger partial charge in [-0.05, 0) is 13.3 Å². The second-order valence-electron chi connectivity index (χ2n) is 2.00. The van der Waals surface area contributed by atoms with Crippen LogP contribution in [0.25, 0.3) is 0 Å². The SMILES string of the molecule is CC(C#N)=CCCC(N)=O. The van der Waals surface area contributed by atoms with Crippen molar-refractivity contribution in [1.29, 1.82) is 5.26 Å². The number of hydrogen-bond acceptors (Lipinski definition) is 2. The lowest BCUT2D eigenvalue weighted by Gasteiger charge is -1.87. The van der Waals surface area contributed by atoms with E-state index >= 15 is 0 Å². The van der Waals surface area contributed by atoms with E-state index in [0.717, 1.165) is 0 Å². The molecule has 0 fully saturated rings. The lowest BCUT2D eigenvalue weighted by Crippen LogP contribution is -2.08. The van der Waals surface area contributed by atoms with Gasteiger partial charge in [-0.15, -0.1) is 0 Å². The van der Waals surface area contributed by atoms with Crippen LogP contribution in [0, 0.1) is 11.3 Å². The van der Waals surface area contributed by atoms with E-state index in [1.165, 1.54) is 0 Å². The summed E-state index contributed by atoms with van der Waals surface area (Å²) in [5, 5.41) is 8.27. The lowest BCUT2D eigenvalue weighted by atomic mass is 10.2. The molecule has 0 radical (unpaired) electrons. The average molecular weight is 138 g/mol. The zero-order valence-electron chi connectivity index (χ0n) is 5.92. The molecule has 0 atom stereocenters. The number of primary amides is 1. The first kappa shape index (κ1) is 8.70. The summed E-state index contributed by atoms with van der Waals surface area (Å²) in [5.74, 6) is -0.331. The second-order valence-corrected chi connectivity index (χ2v) is 2.00. The molecule has 0 spiro atoms. The molecule has 0 unspecified atom stereocenters. The Kier molecular flexibility index (Phi) is 3.97. The molecule has 54 valence electrons. The van der Waals surface area contributed by atoms with Crippen molar-refractivity contribution >= 4 is 5.91 Å². The minimum atomic E-state index is -0.331. The molecule has 3 heteroatoms. The van der Waals surface area contributed by atoms with Crippen LogP contribution in [0.2, 0.25) is 0 Å². The summed E-state index contributed by atoms with van der Waals surface area (Å²) in [6, 6.07) is 1.95. The molecule has 2 N–H and O–H groups in total. The summed E-state index contributed by atoms with van der Waals surface area (Å²) in [6.45, 7) is 1.70. The van der Waals surface area contributed by atoms with Crippen molar-refractivity contribution in [3.05, 3.63) is 11.6 Å². The monoisotopic (exact) mass is 138 g/mol. The standard InChI is InChI=1S/C7H10N2O/c1-6(5-8)3-2-4-7(9)10/h3H,2,4H2,1H3,(H2,9,10). The van der Waals surface area contributed by atoms with Crippen LogP contribution in [-0.4, -0.2) is 5.91 Å². The van der Waals surface area contributed by atoms with E-state index in [9.17, 15) is 4.79 Å². The molecule has 0 aromatic carbocycles. The molecule has 0 rings (SSSR count). The fourth-order valence-corrected chi connectivity index (χ4v) is 0.477. The zero-order valence-corrected chi connectivity index (χ0v) is 5.92. The van der Waals surface area contributed by atoms with Crippen LogP contribution in [0.1, 0.15) is 19.8 Å². The Labute approximate surface area is 60.1 Å². The maximum Gasteiger partial charge on any atom is 0.217 e. The first-order chi connectivity index (χ1) is 4.66. The largest absolute Gasteiger partial charge is 0.370 e. The van der Waals surface area contributed by atoms with Crippen LogP contribution < -0.4 is 5.73 Å². The van der Waals surface area contributed by atoms with Gasteiger partial charge in [-0.1, -0.05) is 6.08 Å². The molecule has 0 aliphatic carbocycles. The van der Waals surface area contributed by atoms with E-state index in [4.69, 9.17) is 11.0 Å². The Morgan fingerprint density at radius 1 is 1.80 bits per heavy atom. The molecule has 0 aromatic rings. The predicted octanol–water partition coefficient (Wildman–Crippen LogP) is 0.722. The molecular formula is C7H10N2O. The van der Waals surface area contributed by atoms with Gasteiger partial charge in [-0.2, -0.15) is 5.26 Å². The lowest BCUT2D eigenvalue weighted by molar-refractivity contribution is -0.117. The first-order valence-electron chi connectivity index (χ1n) is 3.02. The van der Waals surface area contributed by atoms with Gasteiger partial charge in [0.15, 0.2) is 0 Å². The van der Waals surface area contributed by atoms with E-state index in [1.807, 2.05) is 6.07 Å². The normalized spacial score (nSPS) is 10.6. The van der Waals surface area contributed by atoms with Gasteiger partial charge in [0, 0.05) is 12.0 Å². The number of nitrogens with two attached hydrogens (primary N) is 1. The van der Waals surface area contributed by atoms with Gasteiger partial charge in [0.25, 0.3) is 0 Å². The fourth-order valence-electron chi connectivity index (χ4n) is 0.477. The maximum absolute atomic E-state index is 10.2. The van der Waals surface area contributed by atoms with Crippen molar-refractivity contribution in [2.24, 2.45) is 5.73 Å². The quantitative estimate of drug-likeness (QED) is 0.584. The predicted molar refractivity (Wildman–Crippen MR) is 37.8 cm³/mol. The van der Waals surface area contributed by atoms with Gasteiger partial charge in [-0.25, -0.2) is 0 Å². The van der Waals surface area contributed by atoms with Crippen molar-refractivity contribution in [1.82, 2.24) is 0 Å². The molecule has 0 aliphatic rings. The second kappa shape index (κ2) is 4.57. The molecule has 0 aromatic heterocycles. The average Bonchev–Trinajstić information content (AvgIpc) is 1.87. The van der Waals surface area contributed by atoms with Crippen LogP contribution in [0.15, 0.2) is 11.6 Å². The number of nitrogens with zero attached hydrogens (tertiary/aromatic N) is 1. The van der Waals surface area contributed by atoms with E-state index in [1.54, 1.807) is 13.0 Å². The molecule has 1 amide bonds. The van der Waals surface area contributed by atoms with Crippen molar-refractivity contribution in [2.45, 2.75) is 19.8 Å². The van der Waals surface area contributed by atoms with Gasteiger partial charge >= 0.3 is 0 Å². The molecule has 3 nitrogen and oxygen atoms in total. The third-order valence-electron chi connectivity index (χ3n) is 1.02. The Hall–Kier alpha value is -1.30. The van der Waals surface area contributed by atoms with Crippen molar-refractivity contribution in [3.8, 4) is 6.07 Å². The van der Waals surface area contributed by atoms with Gasteiger partial charge in [0.05, 0.1) is 6.07 Å². The number of amides is 1. The topological polar surface area (TPSA) is 66.9 Å². The van der Waals surface area contributed by atoms with Crippen LogP contribution in [-0.2, 0) is 4.79 Å². The number of carbonyl (C=O) groups is 1. The number of carbonyl (C=O) groups excluding carboxylic acids is 1. The summed E-state index contributed by atoms with van der Waals surface area (Å²) in [7, 11) is 0. The minimum Gasteiger partial charge on any atom is -0.370 e. The third kappa shape index (κ3) is 4.85. The molecule has 0 saturated carbocycles. The fraction of sp³-hybridized carbons (Fsp3) is 0.429. The van der Waals surface area contributed by atoms with Crippen LogP contribution in [0.5, 0.6) is 0 Å². The van der Waals surface area contributed by atoms with Crippen molar-refractivity contribution in [2.75, 3.05) is 0 Å². The highest BCUT2D eigenvalue weighted by Gasteiger charge is 1.90. The van der Waals surface area contributed by atoms with E-state index in [-0.39, 0.29) is 5.91 Å². The first-order valence-corrected chi connectivity index (χ1v) is 3.02. The molecule has 0 saturated heterocycles. The van der Waals surface area contributed by atoms with Gasteiger partial charge < -0.3 is 5.73 Å². The molecule has 0 heterocycles. The summed E-state index contributed by atoms with van der Waals surface area (Å²) in [4.78, 5) is 10.2. The number of nitriles is 1. The summed E-state index contributed by atoms with van der Waals surface area (Å²) in [5.41, 5.74) is 5.50. The number of allylic oxidation sites excluding steroid dienone is 2. The van der Waals surface area contributed by atoms with Crippen LogP contribution in [0.4, 0.5) is 0 Å². The molecular weight excluding hydrogens is 128 g/mol. The highest BCUT2D eigenvalue weighted by molar-refractivity contribution is 5.73. The van der Waals surface area contributed by atoms with Gasteiger partial charge in [0.1, 0.15) is 0 Å². The summed E-state index contributed by atoms with van der Waals surface area (Å²) < 4.78 is 0. The highest BCUT2D eigenvalue weighted by Crippen LogP contribution is 1.95. The number of rotatable bonds is 3. The molecule has 0 bridgehead atoms. The van der Waals surface area contributed by atoms with Gasteiger partial charge in [-0.3, -0.25) is 4.79 Å². The Balaban J connectivity index is 3.56. The molecule has 0 aliphatic heterocycles. The van der Waals surface area contributed by atoms with Crippen molar-refractivity contribution < 1.29 is 4.79 Å². The Morgan fingerprint density at radius 3 is 2.80 bits per heavy atom. The van der Waals surface area contributed by atoms with Crippen molar-refractivity contribution in [3.63, 3.8) is 0 Å². The molecule has 10 heavy (non-hydrogen) atoms. The van der Waals surface area contributed by atoms with Crippen LogP contribution >= 0.6 is 0 Å². The zero-order chi connectivity index (χ0) is 7.98. The van der Waals surface area contributed by atoms with E-state index < -0.39 is 0 Å². The van der Waals surface area contributed by atoms with Gasteiger partial charge in [0.2, 0.25) is 5.91 Å². The summed E-state index contributed by atoms with van der Waals surface area (Å²) in [6.07, 6.45) is 2.58.